The van der Waals surface area contributed by atoms with Gasteiger partial charge in [0.2, 0.25) is 0 Å². The average Bonchev–Trinajstić information content (AvgIpc) is 2.68. The highest BCUT2D eigenvalue weighted by atomic mass is 16.4. The van der Waals surface area contributed by atoms with Crippen molar-refractivity contribution in [2.75, 3.05) is 0 Å². The van der Waals surface area contributed by atoms with E-state index in [0.29, 0.717) is 32.1 Å². The fourth-order valence-corrected chi connectivity index (χ4v) is 2.73. The molecule has 5 nitrogen and oxygen atoms in total. The number of aliphatic hydroxyl groups is 3. The Labute approximate surface area is 170 Å². The van der Waals surface area contributed by atoms with Crippen LogP contribution >= 0.6 is 0 Å². The molecule has 162 valence electrons. The zero-order valence-corrected chi connectivity index (χ0v) is 17.5. The number of rotatable bonds is 17. The van der Waals surface area contributed by atoms with Crippen molar-refractivity contribution in [1.82, 2.24) is 0 Å². The number of hydrogen-bond donors (Lipinski definition) is 4. The van der Waals surface area contributed by atoms with E-state index in [9.17, 15) is 20.1 Å². The monoisotopic (exact) mass is 396 g/mol. The van der Waals surface area contributed by atoms with E-state index in [0.717, 1.165) is 12.8 Å². The summed E-state index contributed by atoms with van der Waals surface area (Å²) in [4.78, 5) is 10.7. The van der Waals surface area contributed by atoms with Crippen LogP contribution in [0.3, 0.4) is 0 Å². The molecule has 0 saturated carbocycles. The van der Waals surface area contributed by atoms with Gasteiger partial charge in [-0.15, -0.1) is 0 Å². The molecule has 0 aromatic carbocycles. The number of aliphatic carboxylic acids is 1. The van der Waals surface area contributed by atoms with Gasteiger partial charge in [-0.3, -0.25) is 4.79 Å². The lowest BCUT2D eigenvalue weighted by molar-refractivity contribution is -0.141. The maximum atomic E-state index is 10.7. The molecule has 4 N–H and O–H groups in total. The van der Waals surface area contributed by atoms with Crippen LogP contribution in [0.25, 0.3) is 0 Å². The van der Waals surface area contributed by atoms with Crippen molar-refractivity contribution >= 4 is 5.97 Å². The number of unbranched alkanes of at least 4 members (excludes halogenated alkanes) is 4. The topological polar surface area (TPSA) is 98.0 Å². The first-order valence-corrected chi connectivity index (χ1v) is 10.6. The summed E-state index contributed by atoms with van der Waals surface area (Å²) in [6.07, 6.45) is 17.0. The second kappa shape index (κ2) is 17.7. The number of carbonyl (C=O) groups is 1. The van der Waals surface area contributed by atoms with Crippen molar-refractivity contribution < 1.29 is 25.2 Å². The van der Waals surface area contributed by atoms with Crippen LogP contribution in [0.5, 0.6) is 0 Å². The van der Waals surface area contributed by atoms with Crippen LogP contribution in [0.2, 0.25) is 0 Å². The predicted octanol–water partition coefficient (Wildman–Crippen LogP) is 4.38. The lowest BCUT2D eigenvalue weighted by Gasteiger charge is -2.21. The summed E-state index contributed by atoms with van der Waals surface area (Å²) in [5.74, 6) is -1.22. The zero-order chi connectivity index (χ0) is 21.2. The Morgan fingerprint density at radius 1 is 0.857 bits per heavy atom. The van der Waals surface area contributed by atoms with E-state index < -0.39 is 30.2 Å². The standard InChI is InChI=1S/C23H40O5/c1-3-4-5-6-7-8-9-10-11-12-13-17-20(24)22(26)21(25)18-15-14-16-19(2)23(27)28/h7-8,10-11,13,17,19-22,24-26H,3-6,9,12,14-16,18H2,1-2H3,(H,27,28)/b8-7-,11-10-,17-13-. The van der Waals surface area contributed by atoms with E-state index in [4.69, 9.17) is 5.11 Å². The summed E-state index contributed by atoms with van der Waals surface area (Å²) in [5.41, 5.74) is 0. The van der Waals surface area contributed by atoms with Crippen LogP contribution in [0, 0.1) is 5.92 Å². The molecule has 0 fully saturated rings. The van der Waals surface area contributed by atoms with Gasteiger partial charge in [0, 0.05) is 0 Å². The molecule has 0 bridgehead atoms. The molecular weight excluding hydrogens is 356 g/mol. The molecule has 0 aromatic rings. The zero-order valence-electron chi connectivity index (χ0n) is 17.5. The first-order chi connectivity index (χ1) is 13.4. The highest BCUT2D eigenvalue weighted by Crippen LogP contribution is 2.14. The predicted molar refractivity (Wildman–Crippen MR) is 114 cm³/mol. The van der Waals surface area contributed by atoms with Crippen LogP contribution in [-0.2, 0) is 4.79 Å². The van der Waals surface area contributed by atoms with Gasteiger partial charge in [-0.2, -0.15) is 0 Å². The van der Waals surface area contributed by atoms with Crippen molar-refractivity contribution in [3.05, 3.63) is 36.5 Å². The molecule has 28 heavy (non-hydrogen) atoms. The molecule has 5 heteroatoms. The molecule has 0 amide bonds. The van der Waals surface area contributed by atoms with Crippen LogP contribution in [0.4, 0.5) is 0 Å². The second-order valence-corrected chi connectivity index (χ2v) is 7.41. The molecule has 4 atom stereocenters. The first kappa shape index (κ1) is 26.6. The number of hydrogen-bond acceptors (Lipinski definition) is 4. The normalized spacial score (nSPS) is 16.8. The van der Waals surface area contributed by atoms with Gasteiger partial charge in [-0.25, -0.2) is 0 Å². The quantitative estimate of drug-likeness (QED) is 0.216. The molecule has 0 aliphatic carbocycles. The third-order valence-corrected chi connectivity index (χ3v) is 4.74. The minimum absolute atomic E-state index is 0.336. The van der Waals surface area contributed by atoms with Crippen molar-refractivity contribution in [1.29, 1.82) is 0 Å². The number of carboxylic acid groups (broad SMARTS) is 1. The smallest absolute Gasteiger partial charge is 0.306 e. The molecule has 0 heterocycles. The summed E-state index contributed by atoms with van der Waals surface area (Å²) in [7, 11) is 0. The molecule has 0 aliphatic rings. The maximum Gasteiger partial charge on any atom is 0.306 e. The summed E-state index contributed by atoms with van der Waals surface area (Å²) in [5, 5.41) is 38.7. The summed E-state index contributed by atoms with van der Waals surface area (Å²) < 4.78 is 0. The van der Waals surface area contributed by atoms with Gasteiger partial charge >= 0.3 is 5.97 Å². The third-order valence-electron chi connectivity index (χ3n) is 4.74. The maximum absolute atomic E-state index is 10.7. The van der Waals surface area contributed by atoms with Gasteiger partial charge in [-0.05, 0) is 38.5 Å². The molecular formula is C23H40O5. The molecule has 0 aromatic heterocycles. The molecule has 0 saturated heterocycles. The van der Waals surface area contributed by atoms with E-state index in [1.54, 1.807) is 13.0 Å². The lowest BCUT2D eigenvalue weighted by Crippen LogP contribution is -2.36. The Bertz CT molecular complexity index is 470. The van der Waals surface area contributed by atoms with E-state index in [1.807, 2.05) is 6.08 Å². The fourth-order valence-electron chi connectivity index (χ4n) is 2.73. The number of allylic oxidation sites excluding steroid dienone is 5. The highest BCUT2D eigenvalue weighted by Gasteiger charge is 2.22. The van der Waals surface area contributed by atoms with Crippen LogP contribution in [0.15, 0.2) is 36.5 Å². The van der Waals surface area contributed by atoms with Gasteiger partial charge < -0.3 is 20.4 Å². The number of carboxylic acids is 1. The lowest BCUT2D eigenvalue weighted by atomic mass is 9.98. The molecule has 0 rings (SSSR count). The van der Waals surface area contributed by atoms with Crippen LogP contribution in [0.1, 0.15) is 78.1 Å². The van der Waals surface area contributed by atoms with Crippen molar-refractivity contribution in [3.63, 3.8) is 0 Å². The van der Waals surface area contributed by atoms with E-state index in [2.05, 4.69) is 25.2 Å². The van der Waals surface area contributed by atoms with Crippen molar-refractivity contribution in [2.45, 2.75) is 96.4 Å². The minimum Gasteiger partial charge on any atom is -0.481 e. The SMILES string of the molecule is CCCCC/C=C\C/C=C\C/C=C\C(O)C(O)C(O)CCCCC(C)C(=O)O. The summed E-state index contributed by atoms with van der Waals surface area (Å²) in [6.45, 7) is 3.85. The Hall–Kier alpha value is -1.43. The third kappa shape index (κ3) is 14.6. The minimum atomic E-state index is -1.23. The summed E-state index contributed by atoms with van der Waals surface area (Å²) >= 11 is 0. The van der Waals surface area contributed by atoms with Crippen molar-refractivity contribution in [2.24, 2.45) is 5.92 Å². The van der Waals surface area contributed by atoms with Gasteiger partial charge in [0.25, 0.3) is 0 Å². The van der Waals surface area contributed by atoms with Gasteiger partial charge in [0.05, 0.1) is 12.0 Å². The number of aliphatic hydroxyl groups excluding tert-OH is 3. The van der Waals surface area contributed by atoms with E-state index >= 15 is 0 Å². The molecule has 0 spiro atoms. The van der Waals surface area contributed by atoms with Gasteiger partial charge in [0.15, 0.2) is 0 Å². The summed E-state index contributed by atoms with van der Waals surface area (Å²) in [6, 6.07) is 0. The Balaban J connectivity index is 3.91. The van der Waals surface area contributed by atoms with Crippen molar-refractivity contribution in [3.8, 4) is 0 Å². The second-order valence-electron chi connectivity index (χ2n) is 7.41. The molecule has 0 radical (unpaired) electrons. The Morgan fingerprint density at radius 3 is 2.11 bits per heavy atom. The molecule has 4 unspecified atom stereocenters. The largest absolute Gasteiger partial charge is 0.481 e. The fraction of sp³-hybridized carbons (Fsp3) is 0.696. The Kier molecular flexibility index (Phi) is 16.8. The highest BCUT2D eigenvalue weighted by molar-refractivity contribution is 5.69. The van der Waals surface area contributed by atoms with Crippen LogP contribution < -0.4 is 0 Å². The van der Waals surface area contributed by atoms with Gasteiger partial charge in [0.1, 0.15) is 12.2 Å². The van der Waals surface area contributed by atoms with Crippen LogP contribution in [-0.4, -0.2) is 44.7 Å². The molecule has 0 aliphatic heterocycles. The van der Waals surface area contributed by atoms with Gasteiger partial charge in [-0.1, -0.05) is 76.0 Å². The van der Waals surface area contributed by atoms with E-state index in [-0.39, 0.29) is 0 Å². The Morgan fingerprint density at radius 2 is 1.46 bits per heavy atom. The average molecular weight is 397 g/mol. The van der Waals surface area contributed by atoms with E-state index in [1.165, 1.54) is 25.3 Å². The first-order valence-electron chi connectivity index (χ1n) is 10.6.